The molecule has 0 bridgehead atoms. The van der Waals surface area contributed by atoms with E-state index in [-0.39, 0.29) is 12.6 Å². The van der Waals surface area contributed by atoms with Crippen LogP contribution in [0.25, 0.3) is 0 Å². The van der Waals surface area contributed by atoms with Crippen molar-refractivity contribution in [2.45, 2.75) is 12.5 Å². The smallest absolute Gasteiger partial charge is 0.276 e. The first-order chi connectivity index (χ1) is 7.57. The molecule has 0 saturated carbocycles. The summed E-state index contributed by atoms with van der Waals surface area (Å²) >= 11 is 0. The van der Waals surface area contributed by atoms with Gasteiger partial charge in [0.2, 0.25) is 0 Å². The predicted molar refractivity (Wildman–Crippen MR) is 64.1 cm³/mol. The van der Waals surface area contributed by atoms with Gasteiger partial charge in [0.05, 0.1) is 0 Å². The highest BCUT2D eigenvalue weighted by molar-refractivity contribution is 7.87. The molecule has 0 heterocycles. The fourth-order valence-electron chi connectivity index (χ4n) is 1.35. The van der Waals surface area contributed by atoms with E-state index >= 15 is 0 Å². The fraction of sp³-hybridized carbons (Fsp3) is 0.400. The molecule has 0 saturated heterocycles. The van der Waals surface area contributed by atoms with Gasteiger partial charge in [0.15, 0.2) is 0 Å². The van der Waals surface area contributed by atoms with Crippen LogP contribution in [0.15, 0.2) is 30.3 Å². The number of hydrogen-bond donors (Lipinski definition) is 3. The highest BCUT2D eigenvalue weighted by Crippen LogP contribution is 2.02. The Kier molecular flexibility index (Phi) is 4.88. The lowest BCUT2D eigenvalue weighted by atomic mass is 10.1. The van der Waals surface area contributed by atoms with Crippen LogP contribution in [0.1, 0.15) is 5.56 Å². The van der Waals surface area contributed by atoms with Crippen LogP contribution >= 0.6 is 0 Å². The third-order valence-electron chi connectivity index (χ3n) is 2.20. The summed E-state index contributed by atoms with van der Waals surface area (Å²) in [5.41, 5.74) is 6.58. The van der Waals surface area contributed by atoms with Crippen LogP contribution in [0.5, 0.6) is 0 Å². The Morgan fingerprint density at radius 1 is 1.31 bits per heavy atom. The van der Waals surface area contributed by atoms with E-state index in [2.05, 4.69) is 9.44 Å². The monoisotopic (exact) mass is 243 g/mol. The molecule has 1 aromatic rings. The number of rotatable bonds is 6. The van der Waals surface area contributed by atoms with Gasteiger partial charge >= 0.3 is 0 Å². The van der Waals surface area contributed by atoms with Gasteiger partial charge in [0.1, 0.15) is 0 Å². The van der Waals surface area contributed by atoms with E-state index in [1.54, 1.807) is 0 Å². The van der Waals surface area contributed by atoms with Crippen LogP contribution in [-0.4, -0.2) is 28.1 Å². The van der Waals surface area contributed by atoms with E-state index < -0.39 is 10.2 Å². The fourth-order valence-corrected chi connectivity index (χ4v) is 2.09. The van der Waals surface area contributed by atoms with Crippen LogP contribution in [0.4, 0.5) is 0 Å². The zero-order valence-electron chi connectivity index (χ0n) is 9.18. The molecule has 6 heteroatoms. The summed E-state index contributed by atoms with van der Waals surface area (Å²) in [7, 11) is -2.07. The van der Waals surface area contributed by atoms with E-state index in [0.717, 1.165) is 5.56 Å². The molecule has 0 amide bonds. The molecule has 4 N–H and O–H groups in total. The Labute approximate surface area is 96.2 Å². The molecule has 0 radical (unpaired) electrons. The second-order valence-corrected chi connectivity index (χ2v) is 5.10. The first-order valence-corrected chi connectivity index (χ1v) is 6.50. The summed E-state index contributed by atoms with van der Waals surface area (Å²) < 4.78 is 27.2. The third kappa shape index (κ3) is 4.28. The van der Waals surface area contributed by atoms with Crippen LogP contribution < -0.4 is 15.2 Å². The zero-order valence-corrected chi connectivity index (χ0v) is 10.00. The molecule has 16 heavy (non-hydrogen) atoms. The SMILES string of the molecule is CNS(=O)(=O)NC(CN)Cc1ccccc1. The Morgan fingerprint density at radius 2 is 1.94 bits per heavy atom. The summed E-state index contributed by atoms with van der Waals surface area (Å²) in [6.45, 7) is 0.260. The van der Waals surface area contributed by atoms with Gasteiger partial charge in [-0.05, 0) is 12.0 Å². The van der Waals surface area contributed by atoms with Gasteiger partial charge in [-0.1, -0.05) is 30.3 Å². The maximum atomic E-state index is 11.3. The molecule has 1 rings (SSSR count). The van der Waals surface area contributed by atoms with Gasteiger partial charge < -0.3 is 5.73 Å². The van der Waals surface area contributed by atoms with E-state index in [4.69, 9.17) is 5.73 Å². The highest BCUT2D eigenvalue weighted by Gasteiger charge is 2.14. The topological polar surface area (TPSA) is 84.2 Å². The lowest BCUT2D eigenvalue weighted by Gasteiger charge is -2.16. The summed E-state index contributed by atoms with van der Waals surface area (Å²) in [5, 5.41) is 0. The molecule has 1 atom stereocenters. The van der Waals surface area contributed by atoms with Crippen molar-refractivity contribution in [3.63, 3.8) is 0 Å². The molecule has 1 aromatic carbocycles. The van der Waals surface area contributed by atoms with Crippen molar-refractivity contribution in [2.75, 3.05) is 13.6 Å². The highest BCUT2D eigenvalue weighted by atomic mass is 32.2. The maximum absolute atomic E-state index is 11.3. The van der Waals surface area contributed by atoms with Crippen LogP contribution in [-0.2, 0) is 16.6 Å². The third-order valence-corrected chi connectivity index (χ3v) is 3.38. The molecule has 90 valence electrons. The Morgan fingerprint density at radius 3 is 2.44 bits per heavy atom. The number of benzene rings is 1. The lowest BCUT2D eigenvalue weighted by Crippen LogP contribution is -2.45. The number of nitrogens with one attached hydrogen (secondary N) is 2. The summed E-state index contributed by atoms with van der Waals surface area (Å²) in [4.78, 5) is 0. The minimum Gasteiger partial charge on any atom is -0.329 e. The molecular weight excluding hydrogens is 226 g/mol. The molecule has 0 aliphatic rings. The molecule has 0 aliphatic carbocycles. The van der Waals surface area contributed by atoms with Crippen molar-refractivity contribution < 1.29 is 8.42 Å². The normalized spacial score (nSPS) is 13.6. The summed E-state index contributed by atoms with van der Waals surface area (Å²) in [6, 6.07) is 9.33. The average molecular weight is 243 g/mol. The molecule has 5 nitrogen and oxygen atoms in total. The van der Waals surface area contributed by atoms with Crippen molar-refractivity contribution in [1.82, 2.24) is 9.44 Å². The van der Waals surface area contributed by atoms with Gasteiger partial charge in [-0.2, -0.15) is 13.1 Å². The second kappa shape index (κ2) is 5.95. The Balaban J connectivity index is 2.63. The molecule has 1 unspecified atom stereocenters. The largest absolute Gasteiger partial charge is 0.329 e. The molecule has 0 spiro atoms. The lowest BCUT2D eigenvalue weighted by molar-refractivity contribution is 0.541. The van der Waals surface area contributed by atoms with Gasteiger partial charge in [-0.3, -0.25) is 0 Å². The minimum atomic E-state index is -3.43. The van der Waals surface area contributed by atoms with E-state index in [0.29, 0.717) is 6.42 Å². The Hall–Kier alpha value is -0.950. The minimum absolute atomic E-state index is 0.260. The standard InChI is InChI=1S/C10H17N3O2S/c1-12-16(14,15)13-10(8-11)7-9-5-3-2-4-6-9/h2-6,10,12-13H,7-8,11H2,1H3. The van der Waals surface area contributed by atoms with Crippen LogP contribution in [0.3, 0.4) is 0 Å². The molecular formula is C10H17N3O2S. The van der Waals surface area contributed by atoms with Crippen molar-refractivity contribution in [3.8, 4) is 0 Å². The van der Waals surface area contributed by atoms with Gasteiger partial charge in [0.25, 0.3) is 10.2 Å². The van der Waals surface area contributed by atoms with Gasteiger partial charge in [-0.25, -0.2) is 4.72 Å². The number of hydrogen-bond acceptors (Lipinski definition) is 3. The van der Waals surface area contributed by atoms with Crippen LogP contribution in [0.2, 0.25) is 0 Å². The Bertz CT molecular complexity index is 405. The average Bonchev–Trinajstić information content (AvgIpc) is 2.29. The molecule has 0 aliphatic heterocycles. The summed E-state index contributed by atoms with van der Waals surface area (Å²) in [5.74, 6) is 0. The van der Waals surface area contributed by atoms with Crippen LogP contribution in [0, 0.1) is 0 Å². The number of nitrogens with two attached hydrogens (primary N) is 1. The van der Waals surface area contributed by atoms with Crippen molar-refractivity contribution in [3.05, 3.63) is 35.9 Å². The zero-order chi connectivity index (χ0) is 12.0. The molecule has 0 aromatic heterocycles. The van der Waals surface area contributed by atoms with Crippen molar-refractivity contribution >= 4 is 10.2 Å². The second-order valence-electron chi connectivity index (χ2n) is 3.45. The predicted octanol–water partition coefficient (Wildman–Crippen LogP) is -0.390. The van der Waals surface area contributed by atoms with E-state index in [9.17, 15) is 8.42 Å². The first-order valence-electron chi connectivity index (χ1n) is 5.02. The van der Waals surface area contributed by atoms with Crippen molar-refractivity contribution in [2.24, 2.45) is 5.73 Å². The maximum Gasteiger partial charge on any atom is 0.276 e. The van der Waals surface area contributed by atoms with Gasteiger partial charge in [0, 0.05) is 19.6 Å². The van der Waals surface area contributed by atoms with E-state index in [1.165, 1.54) is 7.05 Å². The van der Waals surface area contributed by atoms with Gasteiger partial charge in [-0.15, -0.1) is 0 Å². The first kappa shape index (κ1) is 13.1. The summed E-state index contributed by atoms with van der Waals surface area (Å²) in [6.07, 6.45) is 0.582. The molecule has 0 fully saturated rings. The van der Waals surface area contributed by atoms with E-state index in [1.807, 2.05) is 30.3 Å². The van der Waals surface area contributed by atoms with Crippen molar-refractivity contribution in [1.29, 1.82) is 0 Å². The quantitative estimate of drug-likeness (QED) is 0.636.